The zero-order valence-corrected chi connectivity index (χ0v) is 18.4. The number of ether oxygens (including phenoxy) is 3. The number of anilines is 1. The lowest BCUT2D eigenvalue weighted by Gasteiger charge is -2.18. The zero-order valence-electron chi connectivity index (χ0n) is 17.5. The van der Waals surface area contributed by atoms with Crippen molar-refractivity contribution in [1.29, 1.82) is 0 Å². The van der Waals surface area contributed by atoms with Crippen molar-refractivity contribution in [2.75, 3.05) is 25.1 Å². The summed E-state index contributed by atoms with van der Waals surface area (Å²) in [6.45, 7) is 10.9. The molecule has 0 aliphatic heterocycles. The van der Waals surface area contributed by atoms with Gasteiger partial charge in [-0.15, -0.1) is 0 Å². The van der Waals surface area contributed by atoms with Crippen LogP contribution in [-0.4, -0.2) is 30.8 Å². The van der Waals surface area contributed by atoms with Crippen LogP contribution in [0, 0.1) is 13.8 Å². The highest BCUT2D eigenvalue weighted by Gasteiger charge is 2.19. The molecule has 0 saturated carbocycles. The lowest BCUT2D eigenvalue weighted by molar-refractivity contribution is 0.0976. The average Bonchev–Trinajstić information content (AvgIpc) is 2.67. The smallest absolute Gasteiger partial charge is 0.257 e. The number of amides is 1. The summed E-state index contributed by atoms with van der Waals surface area (Å²) in [4.78, 5) is 12.8. The molecule has 1 amide bonds. The highest BCUT2D eigenvalue weighted by Crippen LogP contribution is 2.39. The SMILES string of the molecule is CCOc1cc(C(=O)NC(=S)Nc2c(C)cccc2C)cc(OCC)c1OCC. The predicted octanol–water partition coefficient (Wildman–Crippen LogP) is 4.63. The minimum Gasteiger partial charge on any atom is -0.490 e. The van der Waals surface area contributed by atoms with Crippen molar-refractivity contribution in [1.82, 2.24) is 5.32 Å². The van der Waals surface area contributed by atoms with Crippen molar-refractivity contribution in [3.05, 3.63) is 47.0 Å². The number of hydrogen-bond donors (Lipinski definition) is 2. The van der Waals surface area contributed by atoms with Crippen molar-refractivity contribution in [2.24, 2.45) is 0 Å². The van der Waals surface area contributed by atoms with Crippen LogP contribution in [0.15, 0.2) is 30.3 Å². The molecule has 0 aromatic heterocycles. The van der Waals surface area contributed by atoms with E-state index in [1.54, 1.807) is 12.1 Å². The monoisotopic (exact) mass is 416 g/mol. The van der Waals surface area contributed by atoms with Gasteiger partial charge in [-0.1, -0.05) is 18.2 Å². The molecular weight excluding hydrogens is 388 g/mol. The molecule has 0 saturated heterocycles. The van der Waals surface area contributed by atoms with Gasteiger partial charge in [0.25, 0.3) is 5.91 Å². The van der Waals surface area contributed by atoms with E-state index in [1.807, 2.05) is 52.8 Å². The van der Waals surface area contributed by atoms with Gasteiger partial charge < -0.3 is 19.5 Å². The van der Waals surface area contributed by atoms with E-state index in [-0.39, 0.29) is 11.0 Å². The highest BCUT2D eigenvalue weighted by atomic mass is 32.1. The fourth-order valence-corrected chi connectivity index (χ4v) is 3.05. The summed E-state index contributed by atoms with van der Waals surface area (Å²) < 4.78 is 17.0. The molecule has 0 aliphatic carbocycles. The number of hydrogen-bond acceptors (Lipinski definition) is 5. The molecule has 2 aromatic carbocycles. The van der Waals surface area contributed by atoms with E-state index in [9.17, 15) is 4.79 Å². The number of carbonyl (C=O) groups is 1. The molecule has 0 aliphatic rings. The van der Waals surface area contributed by atoms with Gasteiger partial charge in [0.1, 0.15) is 0 Å². The molecule has 156 valence electrons. The number of nitrogens with one attached hydrogen (secondary N) is 2. The van der Waals surface area contributed by atoms with Crippen LogP contribution < -0.4 is 24.8 Å². The van der Waals surface area contributed by atoms with Crippen molar-refractivity contribution >= 4 is 28.9 Å². The minimum absolute atomic E-state index is 0.220. The average molecular weight is 417 g/mol. The molecule has 6 nitrogen and oxygen atoms in total. The maximum Gasteiger partial charge on any atom is 0.257 e. The lowest BCUT2D eigenvalue weighted by atomic mass is 10.1. The molecule has 0 fully saturated rings. The topological polar surface area (TPSA) is 68.8 Å². The number of carbonyl (C=O) groups excluding carboxylic acids is 1. The molecule has 0 unspecified atom stereocenters. The molecule has 7 heteroatoms. The maximum absolute atomic E-state index is 12.8. The summed E-state index contributed by atoms with van der Waals surface area (Å²) in [7, 11) is 0. The molecule has 0 bridgehead atoms. The molecule has 29 heavy (non-hydrogen) atoms. The van der Waals surface area contributed by atoms with Crippen molar-refractivity contribution in [2.45, 2.75) is 34.6 Å². The normalized spacial score (nSPS) is 10.2. The molecule has 0 radical (unpaired) electrons. The standard InChI is InChI=1S/C22H28N2O4S/c1-6-26-17-12-16(13-18(27-7-2)20(17)28-8-3)21(25)24-22(29)23-19-14(4)10-9-11-15(19)5/h9-13H,6-8H2,1-5H3,(H2,23,24,25,29). The Morgan fingerprint density at radius 3 is 1.93 bits per heavy atom. The van der Waals surface area contributed by atoms with Gasteiger partial charge in [-0.05, 0) is 70.1 Å². The Labute approximate surface area is 177 Å². The van der Waals surface area contributed by atoms with Crippen molar-refractivity contribution in [3.63, 3.8) is 0 Å². The molecule has 2 rings (SSSR count). The highest BCUT2D eigenvalue weighted by molar-refractivity contribution is 7.80. The maximum atomic E-state index is 12.8. The van der Waals surface area contributed by atoms with Gasteiger partial charge in [-0.25, -0.2) is 0 Å². The van der Waals surface area contributed by atoms with Crippen LogP contribution in [0.25, 0.3) is 0 Å². The Hall–Kier alpha value is -2.80. The van der Waals surface area contributed by atoms with Crippen LogP contribution in [0.1, 0.15) is 42.3 Å². The minimum atomic E-state index is -0.362. The van der Waals surface area contributed by atoms with Crippen LogP contribution in [0.4, 0.5) is 5.69 Å². The van der Waals surface area contributed by atoms with Gasteiger partial charge in [0.2, 0.25) is 5.75 Å². The first-order valence-electron chi connectivity index (χ1n) is 9.66. The third-order valence-corrected chi connectivity index (χ3v) is 4.32. The summed E-state index contributed by atoms with van der Waals surface area (Å²) in [5, 5.41) is 6.04. The molecule has 0 spiro atoms. The molecular formula is C22H28N2O4S. The quantitative estimate of drug-likeness (QED) is 0.612. The number of aryl methyl sites for hydroxylation is 2. The van der Waals surface area contributed by atoms with Gasteiger partial charge in [0.05, 0.1) is 19.8 Å². The van der Waals surface area contributed by atoms with Gasteiger partial charge in [-0.3, -0.25) is 10.1 Å². The second kappa shape index (κ2) is 10.7. The first kappa shape index (κ1) is 22.5. The van der Waals surface area contributed by atoms with Gasteiger partial charge in [0, 0.05) is 11.3 Å². The number of thiocarbonyl (C=S) groups is 1. The summed E-state index contributed by atoms with van der Waals surface area (Å²) in [5.41, 5.74) is 3.33. The zero-order chi connectivity index (χ0) is 21.4. The van der Waals surface area contributed by atoms with Crippen LogP contribution in [0.3, 0.4) is 0 Å². The Balaban J connectivity index is 2.25. The molecule has 2 N–H and O–H groups in total. The predicted molar refractivity (Wildman–Crippen MR) is 120 cm³/mol. The number of para-hydroxylation sites is 1. The Bertz CT molecular complexity index is 836. The van der Waals surface area contributed by atoms with E-state index >= 15 is 0 Å². The second-order valence-corrected chi connectivity index (χ2v) is 6.68. The van der Waals surface area contributed by atoms with E-state index in [0.29, 0.717) is 42.6 Å². The third kappa shape index (κ3) is 5.84. The van der Waals surface area contributed by atoms with Crippen LogP contribution >= 0.6 is 12.2 Å². The largest absolute Gasteiger partial charge is 0.490 e. The van der Waals surface area contributed by atoms with Gasteiger partial charge >= 0.3 is 0 Å². The van der Waals surface area contributed by atoms with Crippen molar-refractivity contribution in [3.8, 4) is 17.2 Å². The first-order chi connectivity index (χ1) is 13.9. The Morgan fingerprint density at radius 1 is 0.931 bits per heavy atom. The summed E-state index contributed by atoms with van der Waals surface area (Å²) in [6.07, 6.45) is 0. The molecule has 2 aromatic rings. The Kier molecular flexibility index (Phi) is 8.27. The van der Waals surface area contributed by atoms with E-state index in [4.69, 9.17) is 26.4 Å². The first-order valence-corrected chi connectivity index (χ1v) is 10.1. The van der Waals surface area contributed by atoms with E-state index in [2.05, 4.69) is 10.6 Å². The number of rotatable bonds is 8. The van der Waals surface area contributed by atoms with Crippen molar-refractivity contribution < 1.29 is 19.0 Å². The fraction of sp³-hybridized carbons (Fsp3) is 0.364. The summed E-state index contributed by atoms with van der Waals surface area (Å²) >= 11 is 5.34. The van der Waals surface area contributed by atoms with Crippen LogP contribution in [-0.2, 0) is 0 Å². The molecule has 0 atom stereocenters. The second-order valence-electron chi connectivity index (χ2n) is 6.28. The Morgan fingerprint density at radius 2 is 1.45 bits per heavy atom. The van der Waals surface area contributed by atoms with E-state index in [0.717, 1.165) is 16.8 Å². The lowest BCUT2D eigenvalue weighted by Crippen LogP contribution is -2.34. The van der Waals surface area contributed by atoms with Crippen LogP contribution in [0.5, 0.6) is 17.2 Å². The molecule has 0 heterocycles. The fourth-order valence-electron chi connectivity index (χ4n) is 2.85. The van der Waals surface area contributed by atoms with E-state index in [1.165, 1.54) is 0 Å². The van der Waals surface area contributed by atoms with Gasteiger partial charge in [-0.2, -0.15) is 0 Å². The third-order valence-electron chi connectivity index (χ3n) is 4.12. The van der Waals surface area contributed by atoms with Crippen LogP contribution in [0.2, 0.25) is 0 Å². The summed E-state index contributed by atoms with van der Waals surface area (Å²) in [6, 6.07) is 9.20. The van der Waals surface area contributed by atoms with E-state index < -0.39 is 0 Å². The summed E-state index contributed by atoms with van der Waals surface area (Å²) in [5.74, 6) is 1.04. The number of benzene rings is 2. The van der Waals surface area contributed by atoms with Gasteiger partial charge in [0.15, 0.2) is 16.6 Å².